The Labute approximate surface area is 152 Å². The number of aliphatic imine (C=N–C) groups is 1. The number of hydrogen-bond acceptors (Lipinski definition) is 1. The molecule has 1 saturated carbocycles. The number of nitrogens with one attached hydrogen (secondary N) is 1. The molecule has 1 aromatic carbocycles. The lowest BCUT2D eigenvalue weighted by Crippen LogP contribution is -2.42. The minimum atomic E-state index is -4.31. The Hall–Kier alpha value is -2.16. The van der Waals surface area contributed by atoms with E-state index in [4.69, 9.17) is 0 Å². The van der Waals surface area contributed by atoms with E-state index < -0.39 is 11.7 Å². The monoisotopic (exact) mass is 363 g/mol. The van der Waals surface area contributed by atoms with E-state index in [-0.39, 0.29) is 0 Å². The summed E-state index contributed by atoms with van der Waals surface area (Å²) in [7, 11) is 0. The highest BCUT2D eigenvalue weighted by Crippen LogP contribution is 2.47. The van der Waals surface area contributed by atoms with Gasteiger partial charge in [0.1, 0.15) is 6.54 Å². The normalized spacial score (nSPS) is 19.1. The van der Waals surface area contributed by atoms with Crippen LogP contribution in [0, 0.1) is 17.3 Å². The van der Waals surface area contributed by atoms with Gasteiger partial charge in [0.05, 0.1) is 5.56 Å². The fourth-order valence-corrected chi connectivity index (χ4v) is 3.63. The molecule has 2 aliphatic rings. The van der Waals surface area contributed by atoms with E-state index >= 15 is 0 Å². The second-order valence-electron chi connectivity index (χ2n) is 7.07. The van der Waals surface area contributed by atoms with Crippen LogP contribution in [0.3, 0.4) is 0 Å². The van der Waals surface area contributed by atoms with Crippen LogP contribution in [0.25, 0.3) is 0 Å². The molecule has 3 nitrogen and oxygen atoms in total. The Balaban J connectivity index is 1.60. The standard InChI is InChI=1S/C20H24F3N3/c1-2-24-18(26-14-12-19(15-26)10-4-11-19)25-13-3-5-16-6-8-17(9-7-16)20(21,22)23/h6-9H,2,4,10-15H2,1H3,(H,24,25). The zero-order valence-electron chi connectivity index (χ0n) is 15.0. The van der Waals surface area contributed by atoms with Crippen LogP contribution >= 0.6 is 0 Å². The first kappa shape index (κ1) is 18.6. The van der Waals surface area contributed by atoms with E-state index in [1.165, 1.54) is 37.8 Å². The minimum Gasteiger partial charge on any atom is -0.356 e. The molecule has 1 saturated heterocycles. The Morgan fingerprint density at radius 3 is 2.50 bits per heavy atom. The number of hydrogen-bond donors (Lipinski definition) is 1. The predicted octanol–water partition coefficient (Wildman–Crippen LogP) is 3.90. The van der Waals surface area contributed by atoms with Crippen LogP contribution in [0.1, 0.15) is 43.7 Å². The molecule has 0 aromatic heterocycles. The largest absolute Gasteiger partial charge is 0.416 e. The average molecular weight is 363 g/mol. The van der Waals surface area contributed by atoms with E-state index in [0.29, 0.717) is 17.5 Å². The van der Waals surface area contributed by atoms with Crippen molar-refractivity contribution in [2.75, 3.05) is 26.2 Å². The van der Waals surface area contributed by atoms with Gasteiger partial charge in [0.25, 0.3) is 0 Å². The van der Waals surface area contributed by atoms with Gasteiger partial charge in [-0.1, -0.05) is 18.3 Å². The molecular formula is C20H24F3N3. The smallest absolute Gasteiger partial charge is 0.356 e. The fraction of sp³-hybridized carbons (Fsp3) is 0.550. The molecule has 0 atom stereocenters. The summed E-state index contributed by atoms with van der Waals surface area (Å²) >= 11 is 0. The third-order valence-electron chi connectivity index (χ3n) is 5.24. The van der Waals surface area contributed by atoms with Gasteiger partial charge in [-0.15, -0.1) is 0 Å². The van der Waals surface area contributed by atoms with Gasteiger partial charge in [0.15, 0.2) is 5.96 Å². The zero-order valence-corrected chi connectivity index (χ0v) is 15.0. The summed E-state index contributed by atoms with van der Waals surface area (Å²) in [6, 6.07) is 4.90. The summed E-state index contributed by atoms with van der Waals surface area (Å²) < 4.78 is 37.7. The fourth-order valence-electron chi connectivity index (χ4n) is 3.63. The molecule has 1 aliphatic heterocycles. The Kier molecular flexibility index (Phi) is 5.45. The van der Waals surface area contributed by atoms with Crippen LogP contribution in [0.4, 0.5) is 13.2 Å². The second kappa shape index (κ2) is 7.61. The van der Waals surface area contributed by atoms with E-state index in [2.05, 4.69) is 27.0 Å². The van der Waals surface area contributed by atoms with Crippen LogP contribution in [-0.4, -0.2) is 37.0 Å². The highest BCUT2D eigenvalue weighted by atomic mass is 19.4. The van der Waals surface area contributed by atoms with Crippen molar-refractivity contribution in [2.45, 2.75) is 38.8 Å². The molecule has 1 N–H and O–H groups in total. The van der Waals surface area contributed by atoms with Crippen molar-refractivity contribution in [3.8, 4) is 11.8 Å². The summed E-state index contributed by atoms with van der Waals surface area (Å²) in [5.41, 5.74) is 0.407. The lowest BCUT2D eigenvalue weighted by atomic mass is 9.68. The molecule has 0 amide bonds. The van der Waals surface area contributed by atoms with Crippen molar-refractivity contribution in [3.63, 3.8) is 0 Å². The van der Waals surface area contributed by atoms with Gasteiger partial charge in [0.2, 0.25) is 0 Å². The van der Waals surface area contributed by atoms with E-state index in [1.807, 2.05) is 6.92 Å². The molecule has 1 aliphatic carbocycles. The minimum absolute atomic E-state index is 0.326. The summed E-state index contributed by atoms with van der Waals surface area (Å²) in [6.07, 6.45) is 0.881. The molecule has 0 radical (unpaired) electrons. The molecule has 1 aromatic rings. The number of likely N-dealkylation sites (tertiary alicyclic amines) is 1. The maximum absolute atomic E-state index is 12.6. The van der Waals surface area contributed by atoms with Crippen LogP contribution in [0.2, 0.25) is 0 Å². The summed E-state index contributed by atoms with van der Waals surface area (Å²) in [4.78, 5) is 6.88. The summed E-state index contributed by atoms with van der Waals surface area (Å²) in [5.74, 6) is 6.70. The number of halogens is 3. The molecule has 140 valence electrons. The zero-order chi connectivity index (χ0) is 18.6. The lowest BCUT2D eigenvalue weighted by molar-refractivity contribution is -0.137. The van der Waals surface area contributed by atoms with E-state index in [0.717, 1.165) is 37.7 Å². The molecular weight excluding hydrogens is 339 g/mol. The average Bonchev–Trinajstić information content (AvgIpc) is 3.03. The van der Waals surface area contributed by atoms with Gasteiger partial charge in [-0.05, 0) is 55.9 Å². The SMILES string of the molecule is CCNC(=NCC#Cc1ccc(C(F)(F)F)cc1)N1CCC2(CCC2)C1. The van der Waals surface area contributed by atoms with Crippen molar-refractivity contribution in [1.82, 2.24) is 10.2 Å². The van der Waals surface area contributed by atoms with Crippen LogP contribution < -0.4 is 5.32 Å². The molecule has 0 bridgehead atoms. The topological polar surface area (TPSA) is 27.6 Å². The molecule has 26 heavy (non-hydrogen) atoms. The van der Waals surface area contributed by atoms with Gasteiger partial charge in [-0.3, -0.25) is 0 Å². The number of guanidine groups is 1. The molecule has 6 heteroatoms. The van der Waals surface area contributed by atoms with Crippen molar-refractivity contribution in [3.05, 3.63) is 35.4 Å². The molecule has 1 spiro atoms. The first-order valence-electron chi connectivity index (χ1n) is 9.11. The summed E-state index contributed by atoms with van der Waals surface area (Å²) in [6.45, 7) is 5.25. The first-order chi connectivity index (χ1) is 12.4. The van der Waals surface area contributed by atoms with Crippen LogP contribution in [-0.2, 0) is 6.18 Å². The van der Waals surface area contributed by atoms with Crippen molar-refractivity contribution in [2.24, 2.45) is 10.4 Å². The number of alkyl halides is 3. The van der Waals surface area contributed by atoms with E-state index in [9.17, 15) is 13.2 Å². The van der Waals surface area contributed by atoms with Crippen LogP contribution in [0.15, 0.2) is 29.3 Å². The quantitative estimate of drug-likeness (QED) is 0.490. The van der Waals surface area contributed by atoms with Gasteiger partial charge >= 0.3 is 6.18 Å². The third-order valence-corrected chi connectivity index (χ3v) is 5.24. The second-order valence-corrected chi connectivity index (χ2v) is 7.07. The van der Waals surface area contributed by atoms with Gasteiger partial charge in [-0.2, -0.15) is 13.2 Å². The Morgan fingerprint density at radius 2 is 1.96 bits per heavy atom. The van der Waals surface area contributed by atoms with Gasteiger partial charge in [-0.25, -0.2) is 4.99 Å². The third kappa shape index (κ3) is 4.32. The number of nitrogens with zero attached hydrogens (tertiary/aromatic N) is 2. The van der Waals surface area contributed by atoms with Gasteiger partial charge in [0, 0.05) is 25.2 Å². The number of rotatable bonds is 2. The predicted molar refractivity (Wildman–Crippen MR) is 96.8 cm³/mol. The molecule has 3 rings (SSSR count). The van der Waals surface area contributed by atoms with Crippen LogP contribution in [0.5, 0.6) is 0 Å². The van der Waals surface area contributed by atoms with Crippen molar-refractivity contribution < 1.29 is 13.2 Å². The molecule has 2 fully saturated rings. The summed E-state index contributed by atoms with van der Waals surface area (Å²) in [5, 5.41) is 3.32. The van der Waals surface area contributed by atoms with Gasteiger partial charge < -0.3 is 10.2 Å². The lowest BCUT2D eigenvalue weighted by Gasteiger charge is -2.38. The maximum atomic E-state index is 12.6. The first-order valence-corrected chi connectivity index (χ1v) is 9.11. The highest BCUT2D eigenvalue weighted by Gasteiger charge is 2.43. The van der Waals surface area contributed by atoms with Crippen molar-refractivity contribution >= 4 is 5.96 Å². The maximum Gasteiger partial charge on any atom is 0.416 e. The Morgan fingerprint density at radius 1 is 1.23 bits per heavy atom. The molecule has 1 heterocycles. The van der Waals surface area contributed by atoms with Crippen molar-refractivity contribution in [1.29, 1.82) is 0 Å². The van der Waals surface area contributed by atoms with E-state index in [1.54, 1.807) is 0 Å². The Bertz CT molecular complexity index is 707. The number of benzene rings is 1. The highest BCUT2D eigenvalue weighted by molar-refractivity contribution is 5.80. The molecule has 0 unspecified atom stereocenters.